The zero-order valence-electron chi connectivity index (χ0n) is 16.8. The zero-order valence-corrected chi connectivity index (χ0v) is 16.8. The topological polar surface area (TPSA) is 64.1 Å². The third-order valence-electron chi connectivity index (χ3n) is 5.16. The molecule has 0 bridgehead atoms. The van der Waals surface area contributed by atoms with Crippen LogP contribution in [0.2, 0.25) is 0 Å². The second kappa shape index (κ2) is 9.74. The number of benzene rings is 2. The van der Waals surface area contributed by atoms with Crippen molar-refractivity contribution in [3.63, 3.8) is 0 Å². The lowest BCUT2D eigenvalue weighted by Gasteiger charge is -2.36. The molecule has 0 aliphatic heterocycles. The number of nitrogens with two attached hydrogens (primary N) is 2. The quantitative estimate of drug-likeness (QED) is 0.498. The number of halogens is 6. The lowest BCUT2D eigenvalue weighted by molar-refractivity contribution is -0.138. The van der Waals surface area contributed by atoms with Crippen LogP contribution in [0, 0.1) is 5.41 Å². The molecule has 0 fully saturated rings. The molecule has 9 heteroatoms. The van der Waals surface area contributed by atoms with E-state index in [1.165, 1.54) is 24.3 Å². The van der Waals surface area contributed by atoms with Crippen molar-refractivity contribution in [3.8, 4) is 0 Å². The number of nitrogens with one attached hydrogen (secondary N) is 1. The van der Waals surface area contributed by atoms with E-state index in [0.29, 0.717) is 29.9 Å². The van der Waals surface area contributed by atoms with E-state index in [2.05, 4.69) is 11.9 Å². The summed E-state index contributed by atoms with van der Waals surface area (Å²) in [6.45, 7) is 4.83. The monoisotopic (exact) mass is 445 g/mol. The molecule has 2 rings (SSSR count). The van der Waals surface area contributed by atoms with Gasteiger partial charge in [-0.3, -0.25) is 0 Å². The highest BCUT2D eigenvalue weighted by atomic mass is 19.4. The maximum atomic E-state index is 12.9. The Kier molecular flexibility index (Phi) is 7.77. The molecule has 0 saturated carbocycles. The van der Waals surface area contributed by atoms with Gasteiger partial charge in [0.15, 0.2) is 0 Å². The van der Waals surface area contributed by atoms with E-state index in [0.717, 1.165) is 24.3 Å². The first-order chi connectivity index (χ1) is 14.4. The third-order valence-corrected chi connectivity index (χ3v) is 5.16. The molecule has 0 amide bonds. The van der Waals surface area contributed by atoms with Crippen molar-refractivity contribution in [1.82, 2.24) is 5.32 Å². The molecule has 0 saturated heterocycles. The van der Waals surface area contributed by atoms with E-state index in [1.54, 1.807) is 0 Å². The Labute approximate surface area is 177 Å². The minimum absolute atomic E-state index is 0.0749. The molecular formula is C22H25F6N3. The standard InChI is InChI=1S/C22H25F6N3/c1-15(31-11-10-29)20(14-30,12-16-2-6-18(7-3-16)21(23,24)25)13-17-4-8-19(9-5-17)22(26,27)28/h2-9,31H,1,10-14,29-30H2. The summed E-state index contributed by atoms with van der Waals surface area (Å²) in [4.78, 5) is 0. The maximum absolute atomic E-state index is 12.9. The number of hydrogen-bond acceptors (Lipinski definition) is 3. The van der Waals surface area contributed by atoms with Crippen LogP contribution in [0.1, 0.15) is 22.3 Å². The van der Waals surface area contributed by atoms with E-state index in [-0.39, 0.29) is 19.4 Å². The van der Waals surface area contributed by atoms with Gasteiger partial charge in [0.25, 0.3) is 0 Å². The number of alkyl halides is 6. The van der Waals surface area contributed by atoms with Crippen molar-refractivity contribution in [2.75, 3.05) is 19.6 Å². The summed E-state index contributed by atoms with van der Waals surface area (Å²) in [5.74, 6) is 0. The fourth-order valence-electron chi connectivity index (χ4n) is 3.36. The molecule has 3 nitrogen and oxygen atoms in total. The molecule has 2 aromatic rings. The number of rotatable bonds is 9. The zero-order chi connectivity index (χ0) is 23.3. The molecule has 31 heavy (non-hydrogen) atoms. The summed E-state index contributed by atoms with van der Waals surface area (Å²) in [6.07, 6.45) is -8.40. The first-order valence-corrected chi connectivity index (χ1v) is 9.57. The van der Waals surface area contributed by atoms with E-state index in [1.807, 2.05) is 0 Å². The van der Waals surface area contributed by atoms with Crippen LogP contribution in [0.4, 0.5) is 26.3 Å². The lowest BCUT2D eigenvalue weighted by Crippen LogP contribution is -2.42. The fraction of sp³-hybridized carbons (Fsp3) is 0.364. The molecule has 0 unspecified atom stereocenters. The molecule has 5 N–H and O–H groups in total. The van der Waals surface area contributed by atoms with Gasteiger partial charge in [-0.1, -0.05) is 30.8 Å². The van der Waals surface area contributed by atoms with Gasteiger partial charge < -0.3 is 16.8 Å². The van der Waals surface area contributed by atoms with Gasteiger partial charge in [-0.2, -0.15) is 26.3 Å². The summed E-state index contributed by atoms with van der Waals surface area (Å²) >= 11 is 0. The molecule has 0 aliphatic carbocycles. The van der Waals surface area contributed by atoms with Gasteiger partial charge >= 0.3 is 12.4 Å². The Balaban J connectivity index is 2.35. The highest BCUT2D eigenvalue weighted by Crippen LogP contribution is 2.36. The third kappa shape index (κ3) is 6.48. The normalized spacial score (nSPS) is 12.6. The van der Waals surface area contributed by atoms with Crippen LogP contribution in [0.15, 0.2) is 60.8 Å². The molecular weight excluding hydrogens is 420 g/mol. The van der Waals surface area contributed by atoms with Gasteiger partial charge in [-0.25, -0.2) is 0 Å². The Morgan fingerprint density at radius 2 is 1.13 bits per heavy atom. The lowest BCUT2D eigenvalue weighted by atomic mass is 9.74. The van der Waals surface area contributed by atoms with Crippen molar-refractivity contribution in [2.24, 2.45) is 16.9 Å². The highest BCUT2D eigenvalue weighted by molar-refractivity contribution is 5.31. The number of hydrogen-bond donors (Lipinski definition) is 3. The van der Waals surface area contributed by atoms with Crippen LogP contribution in [-0.2, 0) is 25.2 Å². The first-order valence-electron chi connectivity index (χ1n) is 9.57. The smallest absolute Gasteiger partial charge is 0.387 e. The largest absolute Gasteiger partial charge is 0.416 e. The molecule has 170 valence electrons. The predicted octanol–water partition coefficient (Wildman–Crippen LogP) is 4.52. The summed E-state index contributed by atoms with van der Waals surface area (Å²) in [6, 6.07) is 9.45. The fourth-order valence-corrected chi connectivity index (χ4v) is 3.36. The van der Waals surface area contributed by atoms with E-state index < -0.39 is 28.9 Å². The summed E-state index contributed by atoms with van der Waals surface area (Å²) in [5, 5.41) is 3.08. The van der Waals surface area contributed by atoms with Crippen molar-refractivity contribution < 1.29 is 26.3 Å². The van der Waals surface area contributed by atoms with Gasteiger partial charge in [-0.05, 0) is 48.2 Å². The average Bonchev–Trinajstić information content (AvgIpc) is 2.71. The minimum atomic E-state index is -4.45. The minimum Gasteiger partial charge on any atom is -0.387 e. The second-order valence-corrected chi connectivity index (χ2v) is 7.42. The second-order valence-electron chi connectivity index (χ2n) is 7.42. The highest BCUT2D eigenvalue weighted by Gasteiger charge is 2.35. The van der Waals surface area contributed by atoms with Gasteiger partial charge in [0.2, 0.25) is 0 Å². The van der Waals surface area contributed by atoms with Crippen molar-refractivity contribution in [3.05, 3.63) is 83.1 Å². The molecule has 0 spiro atoms. The maximum Gasteiger partial charge on any atom is 0.416 e. The Morgan fingerprint density at radius 3 is 1.42 bits per heavy atom. The summed E-state index contributed by atoms with van der Waals surface area (Å²) < 4.78 is 77.2. The van der Waals surface area contributed by atoms with Crippen LogP contribution in [0.3, 0.4) is 0 Å². The van der Waals surface area contributed by atoms with Crippen molar-refractivity contribution >= 4 is 0 Å². The van der Waals surface area contributed by atoms with Gasteiger partial charge in [0.1, 0.15) is 0 Å². The van der Waals surface area contributed by atoms with Crippen LogP contribution in [-0.4, -0.2) is 19.6 Å². The molecule has 0 aliphatic rings. The Hall–Kier alpha value is -2.52. The predicted molar refractivity (Wildman–Crippen MR) is 108 cm³/mol. The van der Waals surface area contributed by atoms with Crippen LogP contribution >= 0.6 is 0 Å². The molecule has 0 aromatic heterocycles. The van der Waals surface area contributed by atoms with E-state index in [4.69, 9.17) is 11.5 Å². The SMILES string of the molecule is C=C(NCCN)C(CN)(Cc1ccc(C(F)(F)F)cc1)Cc1ccc(C(F)(F)F)cc1. The molecule has 2 aromatic carbocycles. The Morgan fingerprint density at radius 1 is 0.742 bits per heavy atom. The van der Waals surface area contributed by atoms with Gasteiger partial charge in [0, 0.05) is 30.7 Å². The first kappa shape index (κ1) is 24.7. The van der Waals surface area contributed by atoms with Gasteiger partial charge in [0.05, 0.1) is 11.1 Å². The average molecular weight is 445 g/mol. The molecule has 0 radical (unpaired) electrons. The van der Waals surface area contributed by atoms with E-state index >= 15 is 0 Å². The van der Waals surface area contributed by atoms with Crippen LogP contribution in [0.5, 0.6) is 0 Å². The molecule has 0 heterocycles. The van der Waals surface area contributed by atoms with Crippen LogP contribution < -0.4 is 16.8 Å². The van der Waals surface area contributed by atoms with Gasteiger partial charge in [-0.15, -0.1) is 0 Å². The van der Waals surface area contributed by atoms with Crippen molar-refractivity contribution in [1.29, 1.82) is 0 Å². The summed E-state index contributed by atoms with van der Waals surface area (Å²) in [5.41, 5.74) is 11.0. The summed E-state index contributed by atoms with van der Waals surface area (Å²) in [7, 11) is 0. The van der Waals surface area contributed by atoms with Crippen molar-refractivity contribution in [2.45, 2.75) is 25.2 Å². The molecule has 0 atom stereocenters. The van der Waals surface area contributed by atoms with E-state index in [9.17, 15) is 26.3 Å². The Bertz CT molecular complexity index is 795. The van der Waals surface area contributed by atoms with Crippen LogP contribution in [0.25, 0.3) is 0 Å².